The number of carbonyl (C=O) groups excluding carboxylic acids is 2. The number of carbonyl (C=O) groups is 2. The zero-order valence-electron chi connectivity index (χ0n) is 25.8. The van der Waals surface area contributed by atoms with Crippen LogP contribution < -0.4 is 15.0 Å². The molecule has 3 aliphatic rings. The summed E-state index contributed by atoms with van der Waals surface area (Å²) in [6, 6.07) is 7.92. The van der Waals surface area contributed by atoms with Crippen molar-refractivity contribution in [2.45, 2.75) is 70.7 Å². The van der Waals surface area contributed by atoms with Crippen LogP contribution in [0, 0.1) is 0 Å². The molecule has 0 saturated carbocycles. The van der Waals surface area contributed by atoms with Crippen molar-refractivity contribution in [3.05, 3.63) is 59.4 Å². The van der Waals surface area contributed by atoms with Gasteiger partial charge in [-0.2, -0.15) is 18.5 Å². The number of aliphatic hydroxyl groups is 1. The molecule has 1 atom stereocenters. The first-order chi connectivity index (χ1) is 21.4. The van der Waals surface area contributed by atoms with Gasteiger partial charge in [-0.15, -0.1) is 0 Å². The Hall–Kier alpha value is -3.68. The smallest absolute Gasteiger partial charge is 0.227 e. The van der Waals surface area contributed by atoms with E-state index in [4.69, 9.17) is 14.1 Å². The van der Waals surface area contributed by atoms with Crippen molar-refractivity contribution < 1.29 is 23.8 Å². The molecule has 1 aromatic carbocycles. The fourth-order valence-electron chi connectivity index (χ4n) is 6.04. The largest absolute Gasteiger partial charge is 0.486 e. The molecule has 0 bridgehead atoms. The van der Waals surface area contributed by atoms with Gasteiger partial charge in [0.05, 0.1) is 18.3 Å². The molecule has 242 valence electrons. The number of likely N-dealkylation sites (tertiary alicyclic amines) is 1. The van der Waals surface area contributed by atoms with E-state index in [0.29, 0.717) is 55.9 Å². The number of ether oxygens (including phenoxy) is 1. The zero-order valence-corrected chi connectivity index (χ0v) is 26.8. The van der Waals surface area contributed by atoms with E-state index in [2.05, 4.69) is 37.2 Å². The fraction of sp³-hybridized carbons (Fsp3) is 0.531. The van der Waals surface area contributed by atoms with Crippen LogP contribution in [0.15, 0.2) is 41.3 Å². The number of hydrogen-bond acceptors (Lipinski definition) is 11. The van der Waals surface area contributed by atoms with Crippen molar-refractivity contribution in [2.75, 3.05) is 49.5 Å². The van der Waals surface area contributed by atoms with Crippen molar-refractivity contribution in [1.82, 2.24) is 24.8 Å². The molecular weight excluding hydrogens is 594 g/mol. The van der Waals surface area contributed by atoms with Gasteiger partial charge in [-0.3, -0.25) is 14.5 Å². The molecular formula is C32H43N7O5S. The molecule has 0 radical (unpaired) electrons. The Labute approximate surface area is 270 Å². The summed E-state index contributed by atoms with van der Waals surface area (Å²) < 4.78 is 11.1. The average molecular weight is 638 g/mol. The van der Waals surface area contributed by atoms with Crippen molar-refractivity contribution in [3.8, 4) is 5.75 Å². The van der Waals surface area contributed by atoms with E-state index in [1.165, 1.54) is 23.9 Å². The first-order valence-electron chi connectivity index (χ1n) is 15.6. The van der Waals surface area contributed by atoms with Gasteiger partial charge in [0.25, 0.3) is 0 Å². The van der Waals surface area contributed by atoms with Gasteiger partial charge in [-0.1, -0.05) is 6.07 Å². The number of rotatable bonds is 12. The fourth-order valence-corrected chi connectivity index (χ4v) is 6.04. The zero-order chi connectivity index (χ0) is 30.5. The number of fused-ring (bicyclic) bond motifs is 1. The Morgan fingerprint density at radius 3 is 2.69 bits per heavy atom. The Morgan fingerprint density at radius 2 is 1.93 bits per heavy atom. The van der Waals surface area contributed by atoms with Crippen LogP contribution in [0.4, 0.5) is 11.8 Å². The summed E-state index contributed by atoms with van der Waals surface area (Å²) in [6.45, 7) is 6.95. The number of anilines is 2. The number of oxazole rings is 1. The van der Waals surface area contributed by atoms with E-state index in [1.807, 2.05) is 6.07 Å². The molecule has 45 heavy (non-hydrogen) atoms. The third kappa shape index (κ3) is 8.53. The molecule has 3 aliphatic heterocycles. The molecule has 2 aromatic heterocycles. The average Bonchev–Trinajstić information content (AvgIpc) is 3.54. The number of benzene rings is 1. The predicted octanol–water partition coefficient (Wildman–Crippen LogP) is 3.17. The molecule has 0 aliphatic carbocycles. The maximum Gasteiger partial charge on any atom is 0.227 e. The maximum absolute atomic E-state index is 13.3. The summed E-state index contributed by atoms with van der Waals surface area (Å²) in [4.78, 5) is 44.4. The lowest BCUT2D eigenvalue weighted by Gasteiger charge is -2.39. The number of ketones is 1. The highest BCUT2D eigenvalue weighted by Crippen LogP contribution is 2.26. The Morgan fingerprint density at radius 1 is 1.11 bits per heavy atom. The van der Waals surface area contributed by atoms with E-state index in [-0.39, 0.29) is 37.6 Å². The molecule has 6 rings (SSSR count). The van der Waals surface area contributed by atoms with Gasteiger partial charge in [0.1, 0.15) is 23.9 Å². The van der Waals surface area contributed by atoms with E-state index < -0.39 is 6.10 Å². The van der Waals surface area contributed by atoms with Gasteiger partial charge >= 0.3 is 0 Å². The number of amides is 1. The van der Waals surface area contributed by atoms with Gasteiger partial charge < -0.3 is 29.4 Å². The monoisotopic (exact) mass is 637 g/mol. The second-order valence-electron chi connectivity index (χ2n) is 12.0. The van der Waals surface area contributed by atoms with Gasteiger partial charge in [0, 0.05) is 65.2 Å². The van der Waals surface area contributed by atoms with Crippen molar-refractivity contribution in [3.63, 3.8) is 0 Å². The van der Waals surface area contributed by atoms with Gasteiger partial charge in [0.15, 0.2) is 17.9 Å². The predicted molar refractivity (Wildman–Crippen MR) is 174 cm³/mol. The number of aromatic nitrogens is 3. The van der Waals surface area contributed by atoms with E-state index in [0.717, 1.165) is 51.2 Å². The summed E-state index contributed by atoms with van der Waals surface area (Å²) in [7, 11) is 0. The summed E-state index contributed by atoms with van der Waals surface area (Å²) >= 11 is 0. The van der Waals surface area contributed by atoms with Gasteiger partial charge in [-0.25, -0.2) is 9.97 Å². The van der Waals surface area contributed by atoms with Crippen LogP contribution in [0.25, 0.3) is 0 Å². The lowest BCUT2D eigenvalue weighted by Crippen LogP contribution is -2.56. The van der Waals surface area contributed by atoms with Crippen LogP contribution in [0.5, 0.6) is 5.75 Å². The number of nitrogens with zero attached hydrogens (tertiary/aromatic N) is 6. The third-order valence-electron chi connectivity index (χ3n) is 8.62. The van der Waals surface area contributed by atoms with E-state index in [1.54, 1.807) is 24.1 Å². The van der Waals surface area contributed by atoms with Gasteiger partial charge in [0.2, 0.25) is 11.9 Å². The van der Waals surface area contributed by atoms with Crippen LogP contribution >= 0.6 is 13.5 Å². The number of Topliss-reactive ketones (excluding diaryl/α,β-unsaturated/α-hetero) is 1. The normalized spacial score (nSPS) is 17.6. The minimum absolute atomic E-state index is 0. The van der Waals surface area contributed by atoms with Gasteiger partial charge in [-0.05, 0) is 55.4 Å². The minimum Gasteiger partial charge on any atom is -0.486 e. The number of aliphatic hydroxyl groups excluding tert-OH is 1. The lowest BCUT2D eigenvalue weighted by atomic mass is 9.98. The topological polar surface area (TPSA) is 137 Å². The SMILES string of the molecule is CC(=O)N1CC(Nc2cc(C(=O)CC[C@H](O)CN3CCc4cc(OCc5cnco5)ccc4C3)nc(N3CCCCC3)n2)C1.S. The van der Waals surface area contributed by atoms with Crippen LogP contribution in [0.3, 0.4) is 0 Å². The number of nitrogens with one attached hydrogen (secondary N) is 1. The molecule has 2 saturated heterocycles. The number of β-amino-alcohol motifs (C(OH)–C–C–N with tert-alkyl or cyclic N) is 1. The minimum atomic E-state index is -0.626. The van der Waals surface area contributed by atoms with Crippen LogP contribution in [0.1, 0.15) is 66.4 Å². The quantitative estimate of drug-likeness (QED) is 0.283. The molecule has 1 amide bonds. The highest BCUT2D eigenvalue weighted by atomic mass is 32.1. The van der Waals surface area contributed by atoms with Crippen LogP contribution in [0.2, 0.25) is 0 Å². The summed E-state index contributed by atoms with van der Waals surface area (Å²) in [5, 5.41) is 14.3. The first-order valence-corrected chi connectivity index (χ1v) is 15.6. The first kappa shape index (κ1) is 32.7. The Kier molecular flexibility index (Phi) is 11.0. The van der Waals surface area contributed by atoms with Crippen molar-refractivity contribution >= 4 is 37.0 Å². The van der Waals surface area contributed by atoms with Crippen molar-refractivity contribution in [2.24, 2.45) is 0 Å². The molecule has 0 spiro atoms. The van der Waals surface area contributed by atoms with E-state index >= 15 is 0 Å². The number of piperidine rings is 1. The highest BCUT2D eigenvalue weighted by Gasteiger charge is 2.29. The van der Waals surface area contributed by atoms with E-state index in [9.17, 15) is 14.7 Å². The lowest BCUT2D eigenvalue weighted by molar-refractivity contribution is -0.132. The molecule has 3 aromatic rings. The third-order valence-corrected chi connectivity index (χ3v) is 8.62. The summed E-state index contributed by atoms with van der Waals surface area (Å²) in [5.74, 6) is 2.60. The molecule has 12 nitrogen and oxygen atoms in total. The Bertz CT molecular complexity index is 1440. The summed E-state index contributed by atoms with van der Waals surface area (Å²) in [5.41, 5.74) is 2.83. The standard InChI is InChI=1S/C32H41N7O5.H2S/c1-22(40)39-17-25(18-39)34-31-14-29(35-32(36-31)38-10-3-2-4-11-38)30(42)8-6-26(41)19-37-12-9-23-13-27(7-5-24(23)16-37)43-20-28-15-33-21-44-28;/h5,7,13-15,21,25-26,41H,2-4,6,8-12,16-20H2,1H3,(H,34,35,36);1H2/t26-;/m0./s1. The second kappa shape index (κ2) is 15.1. The van der Waals surface area contributed by atoms with Crippen molar-refractivity contribution in [1.29, 1.82) is 0 Å². The molecule has 2 fully saturated rings. The number of hydrogen-bond donors (Lipinski definition) is 2. The maximum atomic E-state index is 13.3. The molecule has 2 N–H and O–H groups in total. The molecule has 0 unspecified atom stereocenters. The summed E-state index contributed by atoms with van der Waals surface area (Å²) in [6.07, 6.45) is 7.17. The highest BCUT2D eigenvalue weighted by molar-refractivity contribution is 7.59. The van der Waals surface area contributed by atoms with Crippen LogP contribution in [-0.4, -0.2) is 93.0 Å². The second-order valence-corrected chi connectivity index (χ2v) is 12.0. The Balaban J connectivity index is 0.00000400. The molecule has 13 heteroatoms. The molecule has 5 heterocycles. The van der Waals surface area contributed by atoms with Crippen LogP contribution in [-0.2, 0) is 24.4 Å².